The van der Waals surface area contributed by atoms with E-state index in [0.717, 1.165) is 13.1 Å². The van der Waals surface area contributed by atoms with Crippen molar-refractivity contribution in [2.24, 2.45) is 0 Å². The van der Waals surface area contributed by atoms with Gasteiger partial charge in [-0.15, -0.1) is 0 Å². The number of anilines is 1. The molecule has 0 radical (unpaired) electrons. The lowest BCUT2D eigenvalue weighted by molar-refractivity contribution is -0.424. The minimum atomic E-state index is 0. The Morgan fingerprint density at radius 2 is 1.55 bits per heavy atom. The summed E-state index contributed by atoms with van der Waals surface area (Å²) < 4.78 is 2.34. The molecule has 2 aromatic rings. The summed E-state index contributed by atoms with van der Waals surface area (Å²) in [5.74, 6) is 0. The zero-order chi connectivity index (χ0) is 13.2. The minimum absolute atomic E-state index is 0. The second-order valence-electron chi connectivity index (χ2n) is 5.08. The molecule has 3 heteroatoms. The third-order valence-corrected chi connectivity index (χ3v) is 3.71. The summed E-state index contributed by atoms with van der Waals surface area (Å²) in [7, 11) is 0. The molecule has 0 spiro atoms. The summed E-state index contributed by atoms with van der Waals surface area (Å²) >= 11 is 0. The van der Waals surface area contributed by atoms with Crippen molar-refractivity contribution in [1.82, 2.24) is 0 Å². The molecule has 1 aliphatic rings. The molecule has 0 saturated carbocycles. The molecule has 1 aliphatic heterocycles. The summed E-state index contributed by atoms with van der Waals surface area (Å²) in [6.07, 6.45) is 2.23. The fraction of sp³-hybridized carbons (Fsp3) is 0.235. The van der Waals surface area contributed by atoms with Gasteiger partial charge in [-0.25, -0.2) is 9.48 Å². The van der Waals surface area contributed by atoms with Crippen molar-refractivity contribution in [3.05, 3.63) is 59.7 Å². The van der Waals surface area contributed by atoms with Gasteiger partial charge >= 0.3 is 0 Å². The lowest BCUT2D eigenvalue weighted by Crippen LogP contribution is -3.00. The molecule has 20 heavy (non-hydrogen) atoms. The van der Waals surface area contributed by atoms with E-state index in [-0.39, 0.29) is 12.4 Å². The van der Waals surface area contributed by atoms with E-state index in [0.29, 0.717) is 0 Å². The van der Waals surface area contributed by atoms with E-state index in [1.165, 1.54) is 22.5 Å². The van der Waals surface area contributed by atoms with Crippen LogP contribution in [0.5, 0.6) is 0 Å². The molecule has 2 nitrogen and oxygen atoms in total. The van der Waals surface area contributed by atoms with Gasteiger partial charge in [-0.1, -0.05) is 36.4 Å². The highest BCUT2D eigenvalue weighted by Crippen LogP contribution is 2.23. The van der Waals surface area contributed by atoms with Crippen LogP contribution in [-0.4, -0.2) is 24.0 Å². The highest BCUT2D eigenvalue weighted by Gasteiger charge is 2.23. The molecule has 104 valence electrons. The van der Waals surface area contributed by atoms with Gasteiger partial charge in [0.1, 0.15) is 24.5 Å². The molecular formula is C17H19ClN2. The van der Waals surface area contributed by atoms with Crippen molar-refractivity contribution in [3.8, 4) is 0 Å². The number of aryl methyl sites for hydroxylation is 2. The van der Waals surface area contributed by atoms with Gasteiger partial charge in [0, 0.05) is 0 Å². The first-order valence-corrected chi connectivity index (χ1v) is 6.75. The van der Waals surface area contributed by atoms with Crippen molar-refractivity contribution in [3.63, 3.8) is 0 Å². The number of hydrogen-bond acceptors (Lipinski definition) is 1. The first kappa shape index (κ1) is 14.6. The average Bonchev–Trinajstić information content (AvgIpc) is 2.89. The number of benzene rings is 2. The Hall–Kier alpha value is -1.80. The average molecular weight is 287 g/mol. The van der Waals surface area contributed by atoms with Crippen LogP contribution in [0.3, 0.4) is 0 Å². The molecule has 3 rings (SSSR count). The van der Waals surface area contributed by atoms with Crippen LogP contribution in [0.15, 0.2) is 48.5 Å². The molecule has 0 bridgehead atoms. The van der Waals surface area contributed by atoms with Gasteiger partial charge in [0.2, 0.25) is 6.34 Å². The maximum Gasteiger partial charge on any atom is 0.244 e. The van der Waals surface area contributed by atoms with Crippen LogP contribution in [0, 0.1) is 13.8 Å². The second kappa shape index (κ2) is 6.10. The van der Waals surface area contributed by atoms with E-state index < -0.39 is 0 Å². The summed E-state index contributed by atoms with van der Waals surface area (Å²) in [6.45, 7) is 6.41. The summed E-state index contributed by atoms with van der Waals surface area (Å²) in [6, 6.07) is 17.1. The quantitative estimate of drug-likeness (QED) is 0.729. The molecule has 1 heterocycles. The fourth-order valence-electron chi connectivity index (χ4n) is 2.64. The van der Waals surface area contributed by atoms with Gasteiger partial charge in [0.05, 0.1) is 0 Å². The zero-order valence-electron chi connectivity index (χ0n) is 11.9. The van der Waals surface area contributed by atoms with E-state index in [1.807, 2.05) is 0 Å². The standard InChI is InChI=1S/C17H19N2.ClH/c1-14-7-3-5-9-16(14)18-11-12-19(13-18)17-10-6-4-8-15(17)2;/h3-10,13H,11-12H2,1-2H3;1H/q+1;/p-1. The van der Waals surface area contributed by atoms with Gasteiger partial charge in [-0.2, -0.15) is 0 Å². The first-order valence-electron chi connectivity index (χ1n) is 6.75. The Kier molecular flexibility index (Phi) is 4.46. The lowest BCUT2D eigenvalue weighted by atomic mass is 10.2. The molecule has 0 saturated heterocycles. The van der Waals surface area contributed by atoms with E-state index in [1.54, 1.807) is 0 Å². The SMILES string of the molecule is Cc1ccccc1N1C=[N+](c2ccccc2C)CC1.[Cl-]. The monoisotopic (exact) mass is 286 g/mol. The first-order chi connectivity index (χ1) is 9.25. The molecule has 0 unspecified atom stereocenters. The van der Waals surface area contributed by atoms with Gasteiger partial charge in [-0.3, -0.25) is 0 Å². The fourth-order valence-corrected chi connectivity index (χ4v) is 2.64. The molecule has 0 N–H and O–H groups in total. The number of rotatable bonds is 2. The topological polar surface area (TPSA) is 6.25 Å². The number of para-hydroxylation sites is 2. The molecule has 0 fully saturated rings. The molecule has 0 atom stereocenters. The third-order valence-electron chi connectivity index (χ3n) is 3.71. The number of halogens is 1. The Labute approximate surface area is 126 Å². The Morgan fingerprint density at radius 1 is 0.900 bits per heavy atom. The molecule has 2 aromatic carbocycles. The summed E-state index contributed by atoms with van der Waals surface area (Å²) in [5, 5.41) is 0. The van der Waals surface area contributed by atoms with Crippen LogP contribution in [0.25, 0.3) is 0 Å². The largest absolute Gasteiger partial charge is 1.00 e. The maximum atomic E-state index is 2.34. The van der Waals surface area contributed by atoms with Gasteiger partial charge in [0.15, 0.2) is 0 Å². The lowest BCUT2D eigenvalue weighted by Gasteiger charge is -2.08. The highest BCUT2D eigenvalue weighted by molar-refractivity contribution is 5.79. The highest BCUT2D eigenvalue weighted by atomic mass is 35.5. The second-order valence-corrected chi connectivity index (χ2v) is 5.08. The van der Waals surface area contributed by atoms with Gasteiger partial charge in [0.25, 0.3) is 0 Å². The van der Waals surface area contributed by atoms with Crippen molar-refractivity contribution < 1.29 is 17.0 Å². The van der Waals surface area contributed by atoms with Crippen LogP contribution < -0.4 is 17.3 Å². The smallest absolute Gasteiger partial charge is 0.244 e. The molecular weight excluding hydrogens is 268 g/mol. The minimum Gasteiger partial charge on any atom is -1.00 e. The summed E-state index contributed by atoms with van der Waals surface area (Å²) in [5.41, 5.74) is 5.26. The molecule has 0 aromatic heterocycles. The Balaban J connectivity index is 0.00000147. The van der Waals surface area contributed by atoms with Crippen molar-refractivity contribution in [2.75, 3.05) is 18.0 Å². The van der Waals surface area contributed by atoms with Crippen molar-refractivity contribution in [2.45, 2.75) is 13.8 Å². The predicted octanol–water partition coefficient (Wildman–Crippen LogP) is 0.500. The van der Waals surface area contributed by atoms with Gasteiger partial charge in [-0.05, 0) is 37.1 Å². The predicted molar refractivity (Wildman–Crippen MR) is 80.6 cm³/mol. The van der Waals surface area contributed by atoms with Gasteiger partial charge < -0.3 is 12.4 Å². The maximum absolute atomic E-state index is 2.34. The van der Waals surface area contributed by atoms with Crippen LogP contribution in [-0.2, 0) is 0 Å². The van der Waals surface area contributed by atoms with Crippen LogP contribution in [0.4, 0.5) is 11.4 Å². The number of hydrogen-bond donors (Lipinski definition) is 0. The van der Waals surface area contributed by atoms with E-state index in [4.69, 9.17) is 0 Å². The van der Waals surface area contributed by atoms with E-state index >= 15 is 0 Å². The Bertz CT molecular complexity index is 634. The number of nitrogens with zero attached hydrogens (tertiary/aromatic N) is 2. The van der Waals surface area contributed by atoms with Crippen LogP contribution in [0.2, 0.25) is 0 Å². The third kappa shape index (κ3) is 2.70. The van der Waals surface area contributed by atoms with Crippen LogP contribution in [0.1, 0.15) is 11.1 Å². The van der Waals surface area contributed by atoms with Crippen LogP contribution >= 0.6 is 0 Å². The van der Waals surface area contributed by atoms with E-state index in [2.05, 4.69) is 78.2 Å². The summed E-state index contributed by atoms with van der Waals surface area (Å²) in [4.78, 5) is 2.34. The van der Waals surface area contributed by atoms with Crippen molar-refractivity contribution in [1.29, 1.82) is 0 Å². The van der Waals surface area contributed by atoms with Crippen molar-refractivity contribution >= 4 is 17.7 Å². The Morgan fingerprint density at radius 3 is 2.25 bits per heavy atom. The zero-order valence-corrected chi connectivity index (χ0v) is 12.6. The molecule has 0 amide bonds. The molecule has 0 aliphatic carbocycles. The van der Waals surface area contributed by atoms with E-state index in [9.17, 15) is 0 Å². The normalized spacial score (nSPS) is 13.9.